The molecular formula is C23H25FN4O. The van der Waals surface area contributed by atoms with Gasteiger partial charge in [-0.05, 0) is 55.5 Å². The minimum atomic E-state index is -0.511. The van der Waals surface area contributed by atoms with Crippen LogP contribution in [0.5, 0.6) is 0 Å². The fraction of sp³-hybridized carbons (Fsp3) is 0.435. The summed E-state index contributed by atoms with van der Waals surface area (Å²) in [6.07, 6.45) is 7.70. The van der Waals surface area contributed by atoms with E-state index < -0.39 is 5.41 Å². The molecule has 1 saturated carbocycles. The number of aromatic nitrogens is 3. The zero-order chi connectivity index (χ0) is 19.8. The molecule has 3 heterocycles. The van der Waals surface area contributed by atoms with E-state index in [1.54, 1.807) is 12.1 Å². The Kier molecular flexibility index (Phi) is 4.57. The van der Waals surface area contributed by atoms with E-state index in [4.69, 9.17) is 0 Å². The first kappa shape index (κ1) is 18.3. The molecule has 1 aromatic carbocycles. The summed E-state index contributed by atoms with van der Waals surface area (Å²) in [5.74, 6) is 1.04. The van der Waals surface area contributed by atoms with E-state index in [9.17, 15) is 9.18 Å². The number of nitrogens with zero attached hydrogens (tertiary/aromatic N) is 4. The van der Waals surface area contributed by atoms with Gasteiger partial charge in [-0.3, -0.25) is 9.20 Å². The van der Waals surface area contributed by atoms with Gasteiger partial charge in [0.15, 0.2) is 5.65 Å². The molecule has 2 fully saturated rings. The molecule has 3 aromatic rings. The number of rotatable bonds is 3. The van der Waals surface area contributed by atoms with Gasteiger partial charge in [-0.15, -0.1) is 10.2 Å². The van der Waals surface area contributed by atoms with Crippen molar-refractivity contribution in [2.24, 2.45) is 0 Å². The van der Waals surface area contributed by atoms with Crippen molar-refractivity contribution in [3.63, 3.8) is 0 Å². The highest BCUT2D eigenvalue weighted by molar-refractivity contribution is 5.88. The summed E-state index contributed by atoms with van der Waals surface area (Å²) < 4.78 is 15.5. The van der Waals surface area contributed by atoms with Crippen molar-refractivity contribution in [1.29, 1.82) is 0 Å². The number of benzene rings is 1. The Morgan fingerprint density at radius 3 is 2.62 bits per heavy atom. The number of piperidine rings is 1. The normalized spacial score (nSPS) is 21.6. The standard InChI is InChI=1S/C23H25FN4O/c24-19-10-8-18(9-11-19)23(12-2-3-13-23)22(29)27-14-5-6-17(16-27)21-26-25-20-7-1-4-15-28(20)21/h1,4,7-11,15,17H,2-3,5-6,12-14,16H2. The van der Waals surface area contributed by atoms with Crippen LogP contribution in [0.15, 0.2) is 48.7 Å². The zero-order valence-electron chi connectivity index (χ0n) is 16.4. The number of amides is 1. The van der Waals surface area contributed by atoms with E-state index in [0.29, 0.717) is 6.54 Å². The van der Waals surface area contributed by atoms with Crippen LogP contribution >= 0.6 is 0 Å². The molecule has 1 amide bonds. The van der Waals surface area contributed by atoms with Crippen molar-refractivity contribution in [1.82, 2.24) is 19.5 Å². The third-order valence-corrected chi connectivity index (χ3v) is 6.68. The van der Waals surface area contributed by atoms with Gasteiger partial charge < -0.3 is 4.90 Å². The number of carbonyl (C=O) groups excluding carboxylic acids is 1. The molecular weight excluding hydrogens is 367 g/mol. The third-order valence-electron chi connectivity index (χ3n) is 6.68. The lowest BCUT2D eigenvalue weighted by atomic mass is 9.77. The van der Waals surface area contributed by atoms with Crippen LogP contribution in [-0.2, 0) is 10.2 Å². The van der Waals surface area contributed by atoms with Crippen LogP contribution in [0.4, 0.5) is 4.39 Å². The van der Waals surface area contributed by atoms with Crippen LogP contribution in [-0.4, -0.2) is 38.5 Å². The lowest BCUT2D eigenvalue weighted by molar-refractivity contribution is -0.138. The molecule has 1 saturated heterocycles. The van der Waals surface area contributed by atoms with Gasteiger partial charge in [-0.25, -0.2) is 4.39 Å². The van der Waals surface area contributed by atoms with Gasteiger partial charge in [0.2, 0.25) is 5.91 Å². The summed E-state index contributed by atoms with van der Waals surface area (Å²) in [5.41, 5.74) is 1.28. The number of fused-ring (bicyclic) bond motifs is 1. The van der Waals surface area contributed by atoms with Crippen molar-refractivity contribution in [2.75, 3.05) is 13.1 Å². The van der Waals surface area contributed by atoms with Crippen molar-refractivity contribution in [2.45, 2.75) is 49.9 Å². The highest BCUT2D eigenvalue weighted by Crippen LogP contribution is 2.43. The highest BCUT2D eigenvalue weighted by atomic mass is 19.1. The van der Waals surface area contributed by atoms with Gasteiger partial charge in [0.25, 0.3) is 0 Å². The summed E-state index contributed by atoms with van der Waals surface area (Å²) in [5, 5.41) is 8.71. The maximum atomic E-state index is 13.8. The van der Waals surface area contributed by atoms with Crippen molar-refractivity contribution >= 4 is 11.6 Å². The minimum Gasteiger partial charge on any atom is -0.341 e. The molecule has 2 aromatic heterocycles. The highest BCUT2D eigenvalue weighted by Gasteiger charge is 2.46. The Morgan fingerprint density at radius 2 is 1.83 bits per heavy atom. The average Bonchev–Trinajstić information content (AvgIpc) is 3.42. The molecule has 1 aliphatic heterocycles. The molecule has 0 N–H and O–H groups in total. The van der Waals surface area contributed by atoms with E-state index in [2.05, 4.69) is 10.2 Å². The van der Waals surface area contributed by atoms with Crippen molar-refractivity contribution in [3.05, 3.63) is 65.9 Å². The van der Waals surface area contributed by atoms with Gasteiger partial charge in [-0.1, -0.05) is 31.0 Å². The topological polar surface area (TPSA) is 50.5 Å². The molecule has 0 bridgehead atoms. The van der Waals surface area contributed by atoms with E-state index in [1.807, 2.05) is 33.7 Å². The predicted octanol–water partition coefficient (Wildman–Crippen LogP) is 4.09. The third kappa shape index (κ3) is 3.11. The fourth-order valence-corrected chi connectivity index (χ4v) is 5.19. The second-order valence-electron chi connectivity index (χ2n) is 8.37. The number of pyridine rings is 1. The minimum absolute atomic E-state index is 0.178. The number of halogens is 1. The summed E-state index contributed by atoms with van der Waals surface area (Å²) in [6.45, 7) is 1.44. The largest absolute Gasteiger partial charge is 0.341 e. The summed E-state index contributed by atoms with van der Waals surface area (Å²) >= 11 is 0. The van der Waals surface area contributed by atoms with Crippen LogP contribution in [0.3, 0.4) is 0 Å². The van der Waals surface area contributed by atoms with Crippen LogP contribution < -0.4 is 0 Å². The van der Waals surface area contributed by atoms with E-state index in [-0.39, 0.29) is 17.6 Å². The maximum Gasteiger partial charge on any atom is 0.233 e. The average molecular weight is 392 g/mol. The fourth-order valence-electron chi connectivity index (χ4n) is 5.19. The van der Waals surface area contributed by atoms with E-state index >= 15 is 0 Å². The first-order chi connectivity index (χ1) is 14.2. The second kappa shape index (κ2) is 7.25. The molecule has 2 aliphatic rings. The van der Waals surface area contributed by atoms with Crippen molar-refractivity contribution in [3.8, 4) is 0 Å². The SMILES string of the molecule is O=C(N1CCCC(c2nnc3ccccn23)C1)C1(c2ccc(F)cc2)CCCC1. The molecule has 150 valence electrons. The van der Waals surface area contributed by atoms with E-state index in [1.165, 1.54) is 12.1 Å². The molecule has 1 atom stereocenters. The number of likely N-dealkylation sites (tertiary alicyclic amines) is 1. The van der Waals surface area contributed by atoms with Crippen LogP contribution in [0.25, 0.3) is 5.65 Å². The van der Waals surface area contributed by atoms with Crippen LogP contribution in [0, 0.1) is 5.82 Å². The summed E-state index contributed by atoms with van der Waals surface area (Å²) in [6, 6.07) is 12.4. The van der Waals surface area contributed by atoms with Crippen molar-refractivity contribution < 1.29 is 9.18 Å². The smallest absolute Gasteiger partial charge is 0.233 e. The van der Waals surface area contributed by atoms with Crippen LogP contribution in [0.2, 0.25) is 0 Å². The first-order valence-electron chi connectivity index (χ1n) is 10.5. The number of hydrogen-bond donors (Lipinski definition) is 0. The van der Waals surface area contributed by atoms with Gasteiger partial charge in [-0.2, -0.15) is 0 Å². The lowest BCUT2D eigenvalue weighted by Crippen LogP contribution is -2.49. The Bertz CT molecular complexity index is 1020. The molecule has 5 nitrogen and oxygen atoms in total. The van der Waals surface area contributed by atoms with Gasteiger partial charge >= 0.3 is 0 Å². The molecule has 29 heavy (non-hydrogen) atoms. The summed E-state index contributed by atoms with van der Waals surface area (Å²) in [7, 11) is 0. The molecule has 5 rings (SSSR count). The number of carbonyl (C=O) groups is 1. The summed E-state index contributed by atoms with van der Waals surface area (Å²) in [4.78, 5) is 15.8. The predicted molar refractivity (Wildman–Crippen MR) is 108 cm³/mol. The molecule has 0 spiro atoms. The Hall–Kier alpha value is -2.76. The monoisotopic (exact) mass is 392 g/mol. The Balaban J connectivity index is 1.43. The maximum absolute atomic E-state index is 13.8. The molecule has 6 heteroatoms. The van der Waals surface area contributed by atoms with E-state index in [0.717, 1.165) is 62.1 Å². The van der Waals surface area contributed by atoms with Crippen LogP contribution in [0.1, 0.15) is 55.8 Å². The second-order valence-corrected chi connectivity index (χ2v) is 8.37. The Morgan fingerprint density at radius 1 is 1.03 bits per heavy atom. The number of hydrogen-bond acceptors (Lipinski definition) is 3. The molecule has 1 aliphatic carbocycles. The zero-order valence-corrected chi connectivity index (χ0v) is 16.4. The van der Waals surface area contributed by atoms with Gasteiger partial charge in [0.05, 0.1) is 5.41 Å². The Labute approximate surface area is 169 Å². The molecule has 1 unspecified atom stereocenters. The molecule has 0 radical (unpaired) electrons. The van der Waals surface area contributed by atoms with Gasteiger partial charge in [0, 0.05) is 25.2 Å². The van der Waals surface area contributed by atoms with Gasteiger partial charge in [0.1, 0.15) is 11.6 Å². The lowest BCUT2D eigenvalue weighted by Gasteiger charge is -2.39. The first-order valence-corrected chi connectivity index (χ1v) is 10.5. The quantitative estimate of drug-likeness (QED) is 0.675.